The Kier molecular flexibility index (Phi) is 6.08. The zero-order valence-corrected chi connectivity index (χ0v) is 12.8. The van der Waals surface area contributed by atoms with E-state index in [1.165, 1.54) is 24.0 Å². The molecule has 0 saturated carbocycles. The number of benzene rings is 2. The minimum Gasteiger partial charge on any atom is -0.508 e. The van der Waals surface area contributed by atoms with Gasteiger partial charge in [0.1, 0.15) is 5.75 Å². The van der Waals surface area contributed by atoms with E-state index in [9.17, 15) is 5.11 Å². The highest BCUT2D eigenvalue weighted by Crippen LogP contribution is 2.21. The predicted molar refractivity (Wildman–Crippen MR) is 90.5 cm³/mol. The van der Waals surface area contributed by atoms with Crippen LogP contribution < -0.4 is 0 Å². The fourth-order valence-corrected chi connectivity index (χ4v) is 2.37. The Balaban J connectivity index is 2.00. The third kappa shape index (κ3) is 5.11. The van der Waals surface area contributed by atoms with Gasteiger partial charge in [-0.2, -0.15) is 0 Å². The molecule has 0 amide bonds. The molecule has 0 aliphatic carbocycles. The molecule has 110 valence electrons. The summed E-state index contributed by atoms with van der Waals surface area (Å²) in [5.74, 6) is 0.400. The average Bonchev–Trinajstić information content (AvgIpc) is 2.53. The minimum absolute atomic E-state index is 0.400. The first kappa shape index (κ1) is 15.4. The van der Waals surface area contributed by atoms with Crippen LogP contribution in [-0.4, -0.2) is 5.11 Å². The lowest BCUT2D eigenvalue weighted by Crippen LogP contribution is -1.92. The molecule has 1 heteroatoms. The maximum Gasteiger partial charge on any atom is 0.118 e. The van der Waals surface area contributed by atoms with Gasteiger partial charge < -0.3 is 5.11 Å². The van der Waals surface area contributed by atoms with Crippen molar-refractivity contribution in [3.05, 3.63) is 71.3 Å². The summed E-state index contributed by atoms with van der Waals surface area (Å²) in [6.07, 6.45) is 9.77. The summed E-state index contributed by atoms with van der Waals surface area (Å²) < 4.78 is 0. The van der Waals surface area contributed by atoms with Crippen molar-refractivity contribution < 1.29 is 5.11 Å². The smallest absolute Gasteiger partial charge is 0.118 e. The normalized spacial score (nSPS) is 11.1. The lowest BCUT2D eigenvalue weighted by molar-refractivity contribution is 0.468. The van der Waals surface area contributed by atoms with E-state index in [2.05, 4.69) is 49.4 Å². The number of unbranched alkanes of at least 4 members (excludes halogenated alkanes) is 2. The summed E-state index contributed by atoms with van der Waals surface area (Å²) in [7, 11) is 0. The summed E-state index contributed by atoms with van der Waals surface area (Å²) in [6.45, 7) is 2.20. The highest BCUT2D eigenvalue weighted by atomic mass is 16.3. The van der Waals surface area contributed by atoms with Crippen LogP contribution in [0.1, 0.15) is 42.9 Å². The van der Waals surface area contributed by atoms with Crippen molar-refractivity contribution in [3.8, 4) is 5.75 Å². The molecule has 0 heterocycles. The van der Waals surface area contributed by atoms with E-state index in [1.54, 1.807) is 6.07 Å². The van der Waals surface area contributed by atoms with Gasteiger partial charge in [0, 0.05) is 0 Å². The van der Waals surface area contributed by atoms with Crippen molar-refractivity contribution in [1.29, 1.82) is 0 Å². The molecule has 1 N–H and O–H groups in total. The van der Waals surface area contributed by atoms with Crippen LogP contribution >= 0.6 is 0 Å². The molecule has 21 heavy (non-hydrogen) atoms. The molecule has 0 aromatic heterocycles. The maximum absolute atomic E-state index is 10.00. The van der Waals surface area contributed by atoms with Gasteiger partial charge in [0.2, 0.25) is 0 Å². The number of aromatic hydroxyl groups is 1. The molecule has 0 aliphatic rings. The number of hydrogen-bond donors (Lipinski definition) is 1. The fraction of sp³-hybridized carbons (Fsp3) is 0.300. The van der Waals surface area contributed by atoms with Gasteiger partial charge in [-0.3, -0.25) is 0 Å². The Labute approximate surface area is 128 Å². The van der Waals surface area contributed by atoms with Crippen molar-refractivity contribution in [2.24, 2.45) is 0 Å². The van der Waals surface area contributed by atoms with E-state index in [0.717, 1.165) is 24.8 Å². The van der Waals surface area contributed by atoms with Crippen LogP contribution in [0, 0.1) is 0 Å². The summed E-state index contributed by atoms with van der Waals surface area (Å²) in [4.78, 5) is 0. The monoisotopic (exact) mass is 280 g/mol. The second-order valence-corrected chi connectivity index (χ2v) is 5.42. The van der Waals surface area contributed by atoms with E-state index in [-0.39, 0.29) is 0 Å². The SMILES string of the molecule is CCCCC=Cc1ccc(O)c(CCc2ccccc2)c1. The molecule has 2 aromatic rings. The van der Waals surface area contributed by atoms with Gasteiger partial charge in [-0.1, -0.05) is 68.3 Å². The van der Waals surface area contributed by atoms with Gasteiger partial charge in [-0.05, 0) is 48.1 Å². The molecule has 0 unspecified atom stereocenters. The number of rotatable bonds is 7. The van der Waals surface area contributed by atoms with E-state index < -0.39 is 0 Å². The molecule has 0 spiro atoms. The first-order valence-electron chi connectivity index (χ1n) is 7.82. The van der Waals surface area contributed by atoms with Crippen molar-refractivity contribution in [1.82, 2.24) is 0 Å². The zero-order chi connectivity index (χ0) is 14.9. The fourth-order valence-electron chi connectivity index (χ4n) is 2.37. The maximum atomic E-state index is 10.00. The van der Waals surface area contributed by atoms with Crippen LogP contribution in [0.3, 0.4) is 0 Å². The van der Waals surface area contributed by atoms with E-state index in [0.29, 0.717) is 5.75 Å². The lowest BCUT2D eigenvalue weighted by Gasteiger charge is -2.06. The number of phenols is 1. The largest absolute Gasteiger partial charge is 0.508 e. The molecule has 0 saturated heterocycles. The quantitative estimate of drug-likeness (QED) is 0.675. The highest BCUT2D eigenvalue weighted by molar-refractivity contribution is 5.53. The third-order valence-corrected chi connectivity index (χ3v) is 3.66. The Morgan fingerprint density at radius 1 is 1.00 bits per heavy atom. The lowest BCUT2D eigenvalue weighted by atomic mass is 10.0. The first-order chi connectivity index (χ1) is 10.3. The first-order valence-corrected chi connectivity index (χ1v) is 7.82. The van der Waals surface area contributed by atoms with Gasteiger partial charge in [0.25, 0.3) is 0 Å². The molecule has 0 atom stereocenters. The summed E-state index contributed by atoms with van der Waals surface area (Å²) in [5, 5.41) is 10.00. The molecule has 0 fully saturated rings. The van der Waals surface area contributed by atoms with Crippen molar-refractivity contribution in [3.63, 3.8) is 0 Å². The molecule has 0 bridgehead atoms. The van der Waals surface area contributed by atoms with Crippen LogP contribution in [0.25, 0.3) is 6.08 Å². The summed E-state index contributed by atoms with van der Waals surface area (Å²) in [6, 6.07) is 16.3. The van der Waals surface area contributed by atoms with Crippen LogP contribution in [0.4, 0.5) is 0 Å². The Bertz CT molecular complexity index is 570. The van der Waals surface area contributed by atoms with E-state index in [1.807, 2.05) is 12.1 Å². The summed E-state index contributed by atoms with van der Waals surface area (Å²) in [5.41, 5.74) is 3.50. The average molecular weight is 280 g/mol. The van der Waals surface area contributed by atoms with Gasteiger partial charge >= 0.3 is 0 Å². The van der Waals surface area contributed by atoms with Crippen molar-refractivity contribution in [2.75, 3.05) is 0 Å². The Morgan fingerprint density at radius 2 is 1.81 bits per heavy atom. The molecule has 0 radical (unpaired) electrons. The van der Waals surface area contributed by atoms with Crippen LogP contribution in [0.15, 0.2) is 54.6 Å². The predicted octanol–water partition coefficient (Wildman–Crippen LogP) is 5.38. The molecular weight excluding hydrogens is 256 g/mol. The number of aryl methyl sites for hydroxylation is 2. The minimum atomic E-state index is 0.400. The second kappa shape index (κ2) is 8.31. The molecule has 2 aromatic carbocycles. The third-order valence-electron chi connectivity index (χ3n) is 3.66. The topological polar surface area (TPSA) is 20.2 Å². The molecule has 0 aliphatic heterocycles. The van der Waals surface area contributed by atoms with Gasteiger partial charge in [-0.15, -0.1) is 0 Å². The van der Waals surface area contributed by atoms with E-state index in [4.69, 9.17) is 0 Å². The van der Waals surface area contributed by atoms with Gasteiger partial charge in [0.15, 0.2) is 0 Å². The Hall–Kier alpha value is -2.02. The molecule has 2 rings (SSSR count). The van der Waals surface area contributed by atoms with Crippen LogP contribution in [0.5, 0.6) is 5.75 Å². The second-order valence-electron chi connectivity index (χ2n) is 5.42. The van der Waals surface area contributed by atoms with Gasteiger partial charge in [-0.25, -0.2) is 0 Å². The van der Waals surface area contributed by atoms with Crippen molar-refractivity contribution in [2.45, 2.75) is 39.0 Å². The number of phenolic OH excluding ortho intramolecular Hbond substituents is 1. The Morgan fingerprint density at radius 3 is 2.57 bits per heavy atom. The van der Waals surface area contributed by atoms with Gasteiger partial charge in [0.05, 0.1) is 0 Å². The highest BCUT2D eigenvalue weighted by Gasteiger charge is 2.02. The molecule has 1 nitrogen and oxygen atoms in total. The van der Waals surface area contributed by atoms with E-state index >= 15 is 0 Å². The zero-order valence-electron chi connectivity index (χ0n) is 12.8. The molecular formula is C20H24O. The number of allylic oxidation sites excluding steroid dienone is 1. The number of hydrogen-bond acceptors (Lipinski definition) is 1. The van der Waals surface area contributed by atoms with Crippen LogP contribution in [-0.2, 0) is 12.8 Å². The summed E-state index contributed by atoms with van der Waals surface area (Å²) >= 11 is 0. The van der Waals surface area contributed by atoms with Crippen LogP contribution in [0.2, 0.25) is 0 Å². The standard InChI is InChI=1S/C20H24O/c1-2-3-4-6-11-18-13-15-20(21)19(16-18)14-12-17-9-7-5-8-10-17/h5-11,13,15-16,21H,2-4,12,14H2,1H3. The van der Waals surface area contributed by atoms with Crippen molar-refractivity contribution >= 4 is 6.08 Å².